The van der Waals surface area contributed by atoms with Gasteiger partial charge in [0.15, 0.2) is 0 Å². The van der Waals surface area contributed by atoms with Crippen LogP contribution in [0.2, 0.25) is 0 Å². The Morgan fingerprint density at radius 3 is 3.00 bits per heavy atom. The lowest BCUT2D eigenvalue weighted by Gasteiger charge is -2.13. The number of allylic oxidation sites excluding steroid dienone is 4. The predicted molar refractivity (Wildman–Crippen MR) is 63.4 cm³/mol. The maximum absolute atomic E-state index is 3.69. The van der Waals surface area contributed by atoms with Crippen LogP contribution in [0, 0.1) is 0 Å². The van der Waals surface area contributed by atoms with Gasteiger partial charge in [0.05, 0.1) is 0 Å². The highest BCUT2D eigenvalue weighted by Gasteiger charge is 2.19. The van der Waals surface area contributed by atoms with Gasteiger partial charge < -0.3 is 5.32 Å². The Kier molecular flexibility index (Phi) is 4.68. The summed E-state index contributed by atoms with van der Waals surface area (Å²) in [5.41, 5.74) is 3.00. The molecule has 0 saturated heterocycles. The van der Waals surface area contributed by atoms with Gasteiger partial charge >= 0.3 is 0 Å². The highest BCUT2D eigenvalue weighted by molar-refractivity contribution is 5.33. The monoisotopic (exact) mass is 191 g/mol. The van der Waals surface area contributed by atoms with Crippen LogP contribution in [-0.4, -0.2) is 12.6 Å². The van der Waals surface area contributed by atoms with Crippen molar-refractivity contribution in [2.24, 2.45) is 0 Å². The van der Waals surface area contributed by atoms with E-state index in [2.05, 4.69) is 31.8 Å². The van der Waals surface area contributed by atoms with Crippen LogP contribution < -0.4 is 5.32 Å². The van der Waals surface area contributed by atoms with Crippen molar-refractivity contribution in [3.63, 3.8) is 0 Å². The van der Waals surface area contributed by atoms with Gasteiger partial charge in [0.25, 0.3) is 0 Å². The largest absolute Gasteiger partial charge is 0.310 e. The normalized spacial score (nSPS) is 22.3. The molecule has 1 nitrogen and oxygen atoms in total. The van der Waals surface area contributed by atoms with Crippen molar-refractivity contribution in [2.45, 2.75) is 39.2 Å². The molecule has 0 radical (unpaired) electrons. The molecule has 1 heteroatoms. The van der Waals surface area contributed by atoms with Crippen molar-refractivity contribution in [3.8, 4) is 0 Å². The van der Waals surface area contributed by atoms with Gasteiger partial charge in [-0.2, -0.15) is 0 Å². The quantitative estimate of drug-likeness (QED) is 0.658. The van der Waals surface area contributed by atoms with Gasteiger partial charge in [-0.15, -0.1) is 0 Å². The standard InChI is InChI=1S/C13H21N/c1-4-6-7-12-8-9-13(11(12)3)14-10-5-2/h4,6-7,13-14H,1,5,8-10H2,2-3H3/b7-6-. The van der Waals surface area contributed by atoms with Crippen LogP contribution in [0.25, 0.3) is 0 Å². The van der Waals surface area contributed by atoms with Crippen LogP contribution in [0.5, 0.6) is 0 Å². The zero-order valence-electron chi connectivity index (χ0n) is 9.34. The van der Waals surface area contributed by atoms with Gasteiger partial charge in [0.2, 0.25) is 0 Å². The third kappa shape index (κ3) is 2.85. The van der Waals surface area contributed by atoms with E-state index in [1.54, 1.807) is 0 Å². The molecule has 1 aliphatic rings. The van der Waals surface area contributed by atoms with Crippen LogP contribution >= 0.6 is 0 Å². The van der Waals surface area contributed by atoms with E-state index in [1.165, 1.54) is 30.4 Å². The van der Waals surface area contributed by atoms with Gasteiger partial charge in [0.1, 0.15) is 0 Å². The first-order chi connectivity index (χ1) is 6.79. The average Bonchev–Trinajstić information content (AvgIpc) is 2.54. The smallest absolute Gasteiger partial charge is 0.0285 e. The summed E-state index contributed by atoms with van der Waals surface area (Å²) in [5.74, 6) is 0. The number of rotatable bonds is 5. The van der Waals surface area contributed by atoms with E-state index in [0.29, 0.717) is 6.04 Å². The first-order valence-electron chi connectivity index (χ1n) is 5.51. The summed E-state index contributed by atoms with van der Waals surface area (Å²) < 4.78 is 0. The van der Waals surface area contributed by atoms with Crippen molar-refractivity contribution < 1.29 is 0 Å². The summed E-state index contributed by atoms with van der Waals surface area (Å²) in [4.78, 5) is 0. The zero-order chi connectivity index (χ0) is 10.4. The zero-order valence-corrected chi connectivity index (χ0v) is 9.34. The Balaban J connectivity index is 2.55. The van der Waals surface area contributed by atoms with Crippen LogP contribution in [0.3, 0.4) is 0 Å². The molecule has 14 heavy (non-hydrogen) atoms. The average molecular weight is 191 g/mol. The highest BCUT2D eigenvalue weighted by atomic mass is 14.9. The Hall–Kier alpha value is -0.820. The molecule has 1 N–H and O–H groups in total. The summed E-state index contributed by atoms with van der Waals surface area (Å²) in [6.45, 7) is 9.26. The van der Waals surface area contributed by atoms with E-state index in [1.807, 2.05) is 12.2 Å². The molecule has 0 aromatic rings. The second-order valence-electron chi connectivity index (χ2n) is 3.85. The maximum Gasteiger partial charge on any atom is 0.0285 e. The molecular weight excluding hydrogens is 170 g/mol. The lowest BCUT2D eigenvalue weighted by atomic mass is 10.1. The minimum absolute atomic E-state index is 0.611. The van der Waals surface area contributed by atoms with E-state index < -0.39 is 0 Å². The molecule has 0 amide bonds. The number of hydrogen-bond acceptors (Lipinski definition) is 1. The van der Waals surface area contributed by atoms with Crippen LogP contribution in [-0.2, 0) is 0 Å². The molecule has 1 atom stereocenters. The lowest BCUT2D eigenvalue weighted by molar-refractivity contribution is 0.560. The van der Waals surface area contributed by atoms with E-state index in [-0.39, 0.29) is 0 Å². The van der Waals surface area contributed by atoms with Gasteiger partial charge in [-0.3, -0.25) is 0 Å². The Morgan fingerprint density at radius 1 is 1.57 bits per heavy atom. The van der Waals surface area contributed by atoms with Crippen LogP contribution in [0.15, 0.2) is 36.0 Å². The topological polar surface area (TPSA) is 12.0 Å². The van der Waals surface area contributed by atoms with Crippen molar-refractivity contribution in [1.82, 2.24) is 5.32 Å². The van der Waals surface area contributed by atoms with Gasteiger partial charge in [-0.05, 0) is 38.3 Å². The Morgan fingerprint density at radius 2 is 2.36 bits per heavy atom. The molecule has 1 unspecified atom stereocenters. The molecule has 0 bridgehead atoms. The molecule has 0 aromatic heterocycles. The SMILES string of the molecule is C=C/C=C\C1=C(C)C(NCCC)CC1. The number of hydrogen-bond donors (Lipinski definition) is 1. The summed E-state index contributed by atoms with van der Waals surface area (Å²) in [6.07, 6.45) is 9.73. The summed E-state index contributed by atoms with van der Waals surface area (Å²) in [5, 5.41) is 3.57. The molecule has 78 valence electrons. The molecule has 0 aliphatic heterocycles. The van der Waals surface area contributed by atoms with Crippen molar-refractivity contribution in [3.05, 3.63) is 36.0 Å². The fraction of sp³-hybridized carbons (Fsp3) is 0.538. The van der Waals surface area contributed by atoms with E-state index in [9.17, 15) is 0 Å². The fourth-order valence-electron chi connectivity index (χ4n) is 1.91. The molecule has 1 rings (SSSR count). The second-order valence-corrected chi connectivity index (χ2v) is 3.85. The maximum atomic E-state index is 3.69. The summed E-state index contributed by atoms with van der Waals surface area (Å²) in [6, 6.07) is 0.611. The Labute approximate surface area is 87.6 Å². The summed E-state index contributed by atoms with van der Waals surface area (Å²) in [7, 11) is 0. The van der Waals surface area contributed by atoms with E-state index >= 15 is 0 Å². The second kappa shape index (κ2) is 5.82. The van der Waals surface area contributed by atoms with Crippen LogP contribution in [0.4, 0.5) is 0 Å². The fourth-order valence-corrected chi connectivity index (χ4v) is 1.91. The summed E-state index contributed by atoms with van der Waals surface area (Å²) >= 11 is 0. The minimum atomic E-state index is 0.611. The van der Waals surface area contributed by atoms with E-state index in [0.717, 1.165) is 6.54 Å². The molecule has 1 aliphatic carbocycles. The molecule has 0 saturated carbocycles. The van der Waals surface area contributed by atoms with Gasteiger partial charge in [-0.1, -0.05) is 37.3 Å². The van der Waals surface area contributed by atoms with Crippen molar-refractivity contribution in [2.75, 3.05) is 6.54 Å². The highest BCUT2D eigenvalue weighted by Crippen LogP contribution is 2.26. The molecule has 0 spiro atoms. The lowest BCUT2D eigenvalue weighted by Crippen LogP contribution is -2.28. The van der Waals surface area contributed by atoms with Crippen molar-refractivity contribution in [1.29, 1.82) is 0 Å². The van der Waals surface area contributed by atoms with Gasteiger partial charge in [-0.25, -0.2) is 0 Å². The van der Waals surface area contributed by atoms with Crippen molar-refractivity contribution >= 4 is 0 Å². The van der Waals surface area contributed by atoms with E-state index in [4.69, 9.17) is 0 Å². The minimum Gasteiger partial charge on any atom is -0.310 e. The predicted octanol–water partition coefficient (Wildman–Crippen LogP) is 3.21. The van der Waals surface area contributed by atoms with Gasteiger partial charge in [0, 0.05) is 6.04 Å². The number of nitrogens with one attached hydrogen (secondary N) is 1. The van der Waals surface area contributed by atoms with Crippen LogP contribution in [0.1, 0.15) is 33.1 Å². The Bertz CT molecular complexity index is 248. The molecule has 0 aromatic carbocycles. The molecular formula is C13H21N. The first kappa shape index (κ1) is 11.3. The third-order valence-electron chi connectivity index (χ3n) is 2.81. The molecule has 0 heterocycles. The third-order valence-corrected chi connectivity index (χ3v) is 2.81. The first-order valence-corrected chi connectivity index (χ1v) is 5.51. The molecule has 0 fully saturated rings.